The van der Waals surface area contributed by atoms with Crippen LogP contribution >= 0.6 is 0 Å². The molecule has 1 saturated carbocycles. The number of hydrogen-bond donors (Lipinski definition) is 1. The third-order valence-electron chi connectivity index (χ3n) is 7.67. The van der Waals surface area contributed by atoms with Crippen molar-refractivity contribution in [1.29, 1.82) is 0 Å². The molecule has 1 aromatic carbocycles. The highest BCUT2D eigenvalue weighted by molar-refractivity contribution is 5.99. The SMILES string of the molecule is C[C@@H]1CCCN1C(C(=O)O[C@@H](CNCC(=O)C1=CCCC=C1)C1CCCCC1)c1ccccc1. The third kappa shape index (κ3) is 6.45. The van der Waals surface area contributed by atoms with Crippen LogP contribution in [0.15, 0.2) is 54.1 Å². The number of nitrogens with zero attached hydrogens (tertiary/aromatic N) is 1. The van der Waals surface area contributed by atoms with Crippen LogP contribution in [0.3, 0.4) is 0 Å². The second kappa shape index (κ2) is 12.5. The number of benzene rings is 1. The van der Waals surface area contributed by atoms with Crippen LogP contribution in [0.5, 0.6) is 0 Å². The zero-order chi connectivity index (χ0) is 23.8. The Morgan fingerprint density at radius 3 is 2.53 bits per heavy atom. The molecule has 1 aliphatic heterocycles. The lowest BCUT2D eigenvalue weighted by molar-refractivity contribution is -0.159. The van der Waals surface area contributed by atoms with Crippen LogP contribution < -0.4 is 5.32 Å². The molecule has 1 unspecified atom stereocenters. The molecule has 2 fully saturated rings. The fraction of sp³-hybridized carbons (Fsp3) is 0.586. The van der Waals surface area contributed by atoms with E-state index in [1.807, 2.05) is 42.5 Å². The van der Waals surface area contributed by atoms with Crippen LogP contribution in [-0.4, -0.2) is 48.4 Å². The van der Waals surface area contributed by atoms with Crippen LogP contribution in [0.4, 0.5) is 0 Å². The minimum Gasteiger partial charge on any atom is -0.459 e. The quantitative estimate of drug-likeness (QED) is 0.486. The Balaban J connectivity index is 1.44. The van der Waals surface area contributed by atoms with Gasteiger partial charge in [0.05, 0.1) is 6.54 Å². The van der Waals surface area contributed by atoms with Gasteiger partial charge in [-0.15, -0.1) is 0 Å². The van der Waals surface area contributed by atoms with Gasteiger partial charge in [-0.2, -0.15) is 0 Å². The number of rotatable bonds is 10. The molecule has 5 nitrogen and oxygen atoms in total. The smallest absolute Gasteiger partial charge is 0.328 e. The van der Waals surface area contributed by atoms with Crippen molar-refractivity contribution < 1.29 is 14.3 Å². The van der Waals surface area contributed by atoms with E-state index in [2.05, 4.69) is 23.2 Å². The van der Waals surface area contributed by atoms with Crippen molar-refractivity contribution in [2.45, 2.75) is 82.9 Å². The lowest BCUT2D eigenvalue weighted by Gasteiger charge is -2.34. The summed E-state index contributed by atoms with van der Waals surface area (Å²) >= 11 is 0. The third-order valence-corrected chi connectivity index (χ3v) is 7.67. The van der Waals surface area contributed by atoms with Gasteiger partial charge in [-0.3, -0.25) is 9.69 Å². The fourth-order valence-electron chi connectivity index (χ4n) is 5.71. The number of ketones is 1. The van der Waals surface area contributed by atoms with Gasteiger partial charge in [0.25, 0.3) is 0 Å². The summed E-state index contributed by atoms with van der Waals surface area (Å²) in [5, 5.41) is 3.33. The van der Waals surface area contributed by atoms with E-state index in [1.54, 1.807) is 0 Å². The number of allylic oxidation sites excluding steroid dienone is 3. The first-order valence-electron chi connectivity index (χ1n) is 13.3. The largest absolute Gasteiger partial charge is 0.459 e. The predicted molar refractivity (Wildman–Crippen MR) is 135 cm³/mol. The molecule has 1 saturated heterocycles. The molecular weight excluding hydrogens is 424 g/mol. The monoisotopic (exact) mass is 464 g/mol. The average Bonchev–Trinajstić information content (AvgIpc) is 3.30. The molecule has 5 heteroatoms. The van der Waals surface area contributed by atoms with Crippen molar-refractivity contribution in [1.82, 2.24) is 10.2 Å². The van der Waals surface area contributed by atoms with Gasteiger partial charge in [-0.05, 0) is 63.5 Å². The van der Waals surface area contributed by atoms with E-state index >= 15 is 0 Å². The van der Waals surface area contributed by atoms with Crippen molar-refractivity contribution in [3.8, 4) is 0 Å². The standard InChI is InChI=1S/C29H40N2O3/c1-22-12-11-19-31(22)28(25-17-9-4-10-18-25)29(33)34-27(24-15-7-3-8-16-24)21-30-20-26(32)23-13-5-2-6-14-23/h4-5,9-10,13-14,17-18,22,24,27-28,30H,2-3,6-8,11-12,15-16,19-21H2,1H3/t22-,27+,28?/m1/s1. The Morgan fingerprint density at radius 1 is 1.06 bits per heavy atom. The molecule has 2 aliphatic carbocycles. The van der Waals surface area contributed by atoms with Crippen LogP contribution in [0.1, 0.15) is 76.3 Å². The summed E-state index contributed by atoms with van der Waals surface area (Å²) in [6.07, 6.45) is 15.7. The van der Waals surface area contributed by atoms with Crippen molar-refractivity contribution in [3.05, 3.63) is 59.7 Å². The Kier molecular flexibility index (Phi) is 9.11. The first-order valence-corrected chi connectivity index (χ1v) is 13.3. The molecule has 0 amide bonds. The summed E-state index contributed by atoms with van der Waals surface area (Å²) in [6, 6.07) is 10.0. The topological polar surface area (TPSA) is 58.6 Å². The second-order valence-corrected chi connectivity index (χ2v) is 10.1. The van der Waals surface area contributed by atoms with Crippen LogP contribution in [0, 0.1) is 5.92 Å². The highest BCUT2D eigenvalue weighted by Crippen LogP contribution is 2.33. The van der Waals surface area contributed by atoms with E-state index in [4.69, 9.17) is 4.74 Å². The maximum absolute atomic E-state index is 13.7. The molecular formula is C29H40N2O3. The molecule has 3 atom stereocenters. The summed E-state index contributed by atoms with van der Waals surface area (Å²) in [6.45, 7) is 3.92. The molecule has 1 N–H and O–H groups in total. The zero-order valence-electron chi connectivity index (χ0n) is 20.6. The van der Waals surface area contributed by atoms with E-state index in [0.29, 0.717) is 18.5 Å². The number of likely N-dealkylation sites (tertiary alicyclic amines) is 1. The number of nitrogens with one attached hydrogen (secondary N) is 1. The molecule has 0 spiro atoms. The average molecular weight is 465 g/mol. The van der Waals surface area contributed by atoms with E-state index < -0.39 is 0 Å². The van der Waals surface area contributed by atoms with Crippen LogP contribution in [-0.2, 0) is 14.3 Å². The molecule has 4 rings (SSSR count). The van der Waals surface area contributed by atoms with E-state index in [0.717, 1.165) is 56.2 Å². The summed E-state index contributed by atoms with van der Waals surface area (Å²) < 4.78 is 6.31. The predicted octanol–water partition coefficient (Wildman–Crippen LogP) is 5.14. The number of carbonyl (C=O) groups excluding carboxylic acids is 2. The Morgan fingerprint density at radius 2 is 1.85 bits per heavy atom. The minimum absolute atomic E-state index is 0.109. The van der Waals surface area contributed by atoms with Gasteiger partial charge >= 0.3 is 5.97 Å². The maximum atomic E-state index is 13.7. The Labute approximate surface area is 204 Å². The lowest BCUT2D eigenvalue weighted by atomic mass is 9.85. The van der Waals surface area contributed by atoms with Gasteiger partial charge in [0.2, 0.25) is 0 Å². The van der Waals surface area contributed by atoms with Gasteiger partial charge in [0, 0.05) is 18.2 Å². The highest BCUT2D eigenvalue weighted by Gasteiger charge is 2.37. The minimum atomic E-state index is -0.371. The van der Waals surface area contributed by atoms with Crippen molar-refractivity contribution in [3.63, 3.8) is 0 Å². The molecule has 0 aromatic heterocycles. The summed E-state index contributed by atoms with van der Waals surface area (Å²) in [7, 11) is 0. The molecule has 184 valence electrons. The first kappa shape index (κ1) is 24.9. The summed E-state index contributed by atoms with van der Waals surface area (Å²) in [5.41, 5.74) is 1.79. The fourth-order valence-corrected chi connectivity index (χ4v) is 5.71. The summed E-state index contributed by atoms with van der Waals surface area (Å²) in [5.74, 6) is 0.306. The molecule has 0 bridgehead atoms. The second-order valence-electron chi connectivity index (χ2n) is 10.1. The van der Waals surface area contributed by atoms with Crippen LogP contribution in [0.2, 0.25) is 0 Å². The maximum Gasteiger partial charge on any atom is 0.328 e. The Bertz CT molecular complexity index is 873. The van der Waals surface area contributed by atoms with Gasteiger partial charge < -0.3 is 10.1 Å². The van der Waals surface area contributed by atoms with Crippen molar-refractivity contribution in [2.75, 3.05) is 19.6 Å². The normalized spacial score (nSPS) is 23.3. The van der Waals surface area contributed by atoms with Crippen molar-refractivity contribution in [2.24, 2.45) is 5.92 Å². The van der Waals surface area contributed by atoms with E-state index in [1.165, 1.54) is 19.3 Å². The first-order chi connectivity index (χ1) is 16.6. The van der Waals surface area contributed by atoms with E-state index in [-0.39, 0.29) is 30.4 Å². The number of Topliss-reactive ketones (excluding diaryl/α,β-unsaturated/α-hetero) is 1. The van der Waals surface area contributed by atoms with Gasteiger partial charge in [-0.1, -0.05) is 67.8 Å². The number of ether oxygens (including phenoxy) is 1. The van der Waals surface area contributed by atoms with E-state index in [9.17, 15) is 9.59 Å². The van der Waals surface area contributed by atoms with Gasteiger partial charge in [0.1, 0.15) is 12.1 Å². The molecule has 0 radical (unpaired) electrons. The van der Waals surface area contributed by atoms with Gasteiger partial charge in [-0.25, -0.2) is 4.79 Å². The Hall–Kier alpha value is -2.24. The lowest BCUT2D eigenvalue weighted by Crippen LogP contribution is -2.43. The van der Waals surface area contributed by atoms with Crippen molar-refractivity contribution >= 4 is 11.8 Å². The number of hydrogen-bond acceptors (Lipinski definition) is 5. The van der Waals surface area contributed by atoms with Gasteiger partial charge in [0.15, 0.2) is 5.78 Å². The number of esters is 1. The highest BCUT2D eigenvalue weighted by atomic mass is 16.5. The summed E-state index contributed by atoms with van der Waals surface area (Å²) in [4.78, 5) is 28.6. The molecule has 1 aromatic rings. The number of carbonyl (C=O) groups is 2. The molecule has 34 heavy (non-hydrogen) atoms. The molecule has 3 aliphatic rings. The zero-order valence-corrected chi connectivity index (χ0v) is 20.6. The van der Waals surface area contributed by atoms with Crippen LogP contribution in [0.25, 0.3) is 0 Å². The molecule has 1 heterocycles.